The van der Waals surface area contributed by atoms with E-state index in [2.05, 4.69) is 44.9 Å². The third kappa shape index (κ3) is 4.75. The molecule has 2 aromatic heterocycles. The van der Waals surface area contributed by atoms with Crippen molar-refractivity contribution in [3.8, 4) is 12.8 Å². The van der Waals surface area contributed by atoms with E-state index in [0.717, 1.165) is 22.8 Å². The number of amides is 2. The third-order valence-electron chi connectivity index (χ3n) is 5.46. The summed E-state index contributed by atoms with van der Waals surface area (Å²) in [5.74, 6) is 0.111. The maximum atomic E-state index is 11.8. The Kier molecular flexibility index (Phi) is 8.23. The lowest BCUT2D eigenvalue weighted by molar-refractivity contribution is -0.133. The molecule has 2 fully saturated rings. The normalized spacial score (nSPS) is 21.8. The zero-order chi connectivity index (χ0) is 22.4. The number of aromatic nitrogens is 2. The molecule has 30 heavy (non-hydrogen) atoms. The van der Waals surface area contributed by atoms with Crippen molar-refractivity contribution in [3.63, 3.8) is 0 Å². The van der Waals surface area contributed by atoms with E-state index in [-0.39, 0.29) is 11.9 Å². The number of anilines is 1. The van der Waals surface area contributed by atoms with Gasteiger partial charge in [0.2, 0.25) is 5.91 Å². The number of carbonyl (C=O) groups is 2. The molecule has 2 aromatic rings. The number of nitrogens with zero attached hydrogens (tertiary/aromatic N) is 3. The van der Waals surface area contributed by atoms with E-state index < -0.39 is 12.5 Å². The van der Waals surface area contributed by atoms with Crippen LogP contribution in [0.2, 0.25) is 0 Å². The van der Waals surface area contributed by atoms with Gasteiger partial charge in [-0.1, -0.05) is 0 Å². The minimum Gasteiger partial charge on any atom is -0.387 e. The van der Waals surface area contributed by atoms with Crippen molar-refractivity contribution in [1.29, 1.82) is 0 Å². The Bertz CT molecular complexity index is 914. The predicted octanol–water partition coefficient (Wildman–Crippen LogP) is 0.661. The van der Waals surface area contributed by atoms with Gasteiger partial charge in [0.05, 0.1) is 23.0 Å². The lowest BCUT2D eigenvalue weighted by Crippen LogP contribution is -2.33. The first kappa shape index (κ1) is 23.7. The molecule has 0 bridgehead atoms. The van der Waals surface area contributed by atoms with Crippen LogP contribution in [0, 0.1) is 24.7 Å². The van der Waals surface area contributed by atoms with Gasteiger partial charge in [-0.3, -0.25) is 9.59 Å². The number of aliphatic hydroxyl groups is 1. The summed E-state index contributed by atoms with van der Waals surface area (Å²) in [6.45, 7) is 0.946. The number of rotatable bonds is 4. The number of terminal acetylenes is 1. The SMILES string of the molecule is C#C.CN.NC(=O)c1cnn2cc(Br)cc2c1NC1CC2CN(C(=O)CO)CC2C1. The van der Waals surface area contributed by atoms with E-state index in [1.807, 2.05) is 12.3 Å². The second kappa shape index (κ2) is 10.4. The molecule has 1 saturated heterocycles. The summed E-state index contributed by atoms with van der Waals surface area (Å²) in [7, 11) is 1.50. The quantitative estimate of drug-likeness (QED) is 0.476. The van der Waals surface area contributed by atoms with Crippen LogP contribution in [0.4, 0.5) is 5.69 Å². The highest BCUT2D eigenvalue weighted by molar-refractivity contribution is 9.10. The number of halogens is 1. The summed E-state index contributed by atoms with van der Waals surface area (Å²) >= 11 is 3.44. The highest BCUT2D eigenvalue weighted by Gasteiger charge is 2.42. The summed E-state index contributed by atoms with van der Waals surface area (Å²) in [5.41, 5.74) is 11.9. The van der Waals surface area contributed by atoms with E-state index in [1.54, 1.807) is 9.42 Å². The fraction of sp³-hybridized carbons (Fsp3) is 0.450. The van der Waals surface area contributed by atoms with E-state index >= 15 is 0 Å². The van der Waals surface area contributed by atoms with Crippen molar-refractivity contribution in [1.82, 2.24) is 14.5 Å². The largest absolute Gasteiger partial charge is 0.387 e. The zero-order valence-corrected chi connectivity index (χ0v) is 18.4. The molecule has 0 radical (unpaired) electrons. The first-order valence-electron chi connectivity index (χ1n) is 9.49. The van der Waals surface area contributed by atoms with Gasteiger partial charge in [-0.05, 0) is 53.7 Å². The molecule has 10 heteroatoms. The molecule has 0 aromatic carbocycles. The van der Waals surface area contributed by atoms with Gasteiger partial charge in [0.15, 0.2) is 0 Å². The minimum absolute atomic E-state index is 0.200. The van der Waals surface area contributed by atoms with E-state index in [4.69, 9.17) is 10.8 Å². The average Bonchev–Trinajstić information content (AvgIpc) is 3.42. The second-order valence-electron chi connectivity index (χ2n) is 7.08. The summed E-state index contributed by atoms with van der Waals surface area (Å²) in [6.07, 6.45) is 13.1. The predicted molar refractivity (Wildman–Crippen MR) is 119 cm³/mol. The zero-order valence-electron chi connectivity index (χ0n) is 16.8. The summed E-state index contributed by atoms with van der Waals surface area (Å²) < 4.78 is 2.58. The van der Waals surface area contributed by atoms with Crippen LogP contribution in [0.5, 0.6) is 0 Å². The van der Waals surface area contributed by atoms with Crippen LogP contribution in [0.1, 0.15) is 23.2 Å². The van der Waals surface area contributed by atoms with Crippen LogP contribution < -0.4 is 16.8 Å². The first-order valence-corrected chi connectivity index (χ1v) is 10.3. The van der Waals surface area contributed by atoms with Gasteiger partial charge < -0.3 is 26.8 Å². The molecular formula is C20H27BrN6O3. The van der Waals surface area contributed by atoms with Crippen molar-refractivity contribution in [2.24, 2.45) is 23.3 Å². The molecule has 1 saturated carbocycles. The van der Waals surface area contributed by atoms with Gasteiger partial charge in [-0.2, -0.15) is 5.10 Å². The molecule has 6 N–H and O–H groups in total. The van der Waals surface area contributed by atoms with Crippen molar-refractivity contribution < 1.29 is 14.7 Å². The number of nitrogens with one attached hydrogen (secondary N) is 1. The summed E-state index contributed by atoms with van der Waals surface area (Å²) in [4.78, 5) is 25.3. The molecular weight excluding hydrogens is 452 g/mol. The second-order valence-corrected chi connectivity index (χ2v) is 7.99. The Morgan fingerprint density at radius 1 is 1.30 bits per heavy atom. The molecule has 2 unspecified atom stereocenters. The van der Waals surface area contributed by atoms with Crippen molar-refractivity contribution >= 4 is 38.9 Å². The third-order valence-corrected chi connectivity index (χ3v) is 5.89. The van der Waals surface area contributed by atoms with Crippen LogP contribution in [0.25, 0.3) is 5.52 Å². The van der Waals surface area contributed by atoms with Gasteiger partial charge >= 0.3 is 0 Å². The molecule has 0 spiro atoms. The lowest BCUT2D eigenvalue weighted by Gasteiger charge is -2.21. The van der Waals surface area contributed by atoms with E-state index in [1.165, 1.54) is 13.2 Å². The number of fused-ring (bicyclic) bond motifs is 2. The van der Waals surface area contributed by atoms with Crippen molar-refractivity contribution in [2.45, 2.75) is 18.9 Å². The van der Waals surface area contributed by atoms with Crippen LogP contribution in [-0.2, 0) is 4.79 Å². The van der Waals surface area contributed by atoms with Crippen molar-refractivity contribution in [2.75, 3.05) is 32.1 Å². The van der Waals surface area contributed by atoms with Crippen molar-refractivity contribution in [3.05, 3.63) is 28.5 Å². The lowest BCUT2D eigenvalue weighted by atomic mass is 10.0. The van der Waals surface area contributed by atoms with Gasteiger partial charge in [0.25, 0.3) is 5.91 Å². The molecule has 162 valence electrons. The highest BCUT2D eigenvalue weighted by atomic mass is 79.9. The summed E-state index contributed by atoms with van der Waals surface area (Å²) in [5, 5.41) is 16.8. The number of hydrogen-bond acceptors (Lipinski definition) is 6. The summed E-state index contributed by atoms with van der Waals surface area (Å²) in [6, 6.07) is 2.11. The monoisotopic (exact) mass is 478 g/mol. The standard InChI is InChI=1S/C17H20BrN5O3.C2H2.CH5N/c18-11-3-14-16(13(17(19)26)4-20-23(14)7-11)21-12-1-9-5-22(15(25)8-24)6-10(9)2-12;2*1-2/h3-4,7,9-10,12,21,24H,1-2,5-6,8H2,(H2,19,26);1-2H;2H2,1H3. The van der Waals surface area contributed by atoms with E-state index in [0.29, 0.717) is 36.2 Å². The minimum atomic E-state index is -0.516. The van der Waals surface area contributed by atoms with Crippen LogP contribution >= 0.6 is 15.9 Å². The number of hydrogen-bond donors (Lipinski definition) is 4. The van der Waals surface area contributed by atoms with Gasteiger partial charge in [0.1, 0.15) is 6.61 Å². The van der Waals surface area contributed by atoms with Crippen LogP contribution in [-0.4, -0.2) is 64.2 Å². The molecule has 2 aliphatic rings. The fourth-order valence-electron chi connectivity index (χ4n) is 4.29. The Morgan fingerprint density at radius 2 is 1.90 bits per heavy atom. The number of carbonyl (C=O) groups excluding carboxylic acids is 2. The van der Waals surface area contributed by atoms with Crippen LogP contribution in [0.15, 0.2) is 22.9 Å². The Balaban J connectivity index is 0.000000757. The Labute approximate surface area is 183 Å². The van der Waals surface area contributed by atoms with Gasteiger partial charge in [-0.15, -0.1) is 12.8 Å². The van der Waals surface area contributed by atoms with Gasteiger partial charge in [0, 0.05) is 29.8 Å². The maximum Gasteiger partial charge on any atom is 0.252 e. The number of aliphatic hydroxyl groups excluding tert-OH is 1. The highest BCUT2D eigenvalue weighted by Crippen LogP contribution is 2.40. The molecule has 1 aliphatic carbocycles. The Hall–Kier alpha value is -2.61. The number of nitrogens with two attached hydrogens (primary N) is 2. The first-order chi connectivity index (χ1) is 14.5. The average molecular weight is 479 g/mol. The van der Waals surface area contributed by atoms with E-state index in [9.17, 15) is 9.59 Å². The van der Waals surface area contributed by atoms with Crippen LogP contribution in [0.3, 0.4) is 0 Å². The molecule has 2 atom stereocenters. The molecule has 1 aliphatic heterocycles. The number of primary amides is 1. The molecule has 3 heterocycles. The fourth-order valence-corrected chi connectivity index (χ4v) is 4.70. The molecule has 2 amide bonds. The molecule has 4 rings (SSSR count). The Morgan fingerprint density at radius 3 is 2.43 bits per heavy atom. The molecule has 9 nitrogen and oxygen atoms in total. The van der Waals surface area contributed by atoms with Gasteiger partial charge in [-0.25, -0.2) is 4.52 Å². The topological polar surface area (TPSA) is 139 Å². The number of likely N-dealkylation sites (tertiary alicyclic amines) is 1. The smallest absolute Gasteiger partial charge is 0.252 e. The maximum absolute atomic E-state index is 11.8.